The minimum atomic E-state index is -0.193. The van der Waals surface area contributed by atoms with Gasteiger partial charge in [-0.25, -0.2) is 9.97 Å². The fraction of sp³-hybridized carbons (Fsp3) is 0.235. The van der Waals surface area contributed by atoms with Gasteiger partial charge in [-0.05, 0) is 36.4 Å². The highest BCUT2D eigenvalue weighted by Crippen LogP contribution is 2.28. The van der Waals surface area contributed by atoms with Gasteiger partial charge in [0.2, 0.25) is 0 Å². The second-order valence-electron chi connectivity index (χ2n) is 5.57. The van der Waals surface area contributed by atoms with Gasteiger partial charge in [0.25, 0.3) is 5.91 Å². The van der Waals surface area contributed by atoms with Gasteiger partial charge in [-0.3, -0.25) is 4.79 Å². The molecule has 4 heterocycles. The van der Waals surface area contributed by atoms with E-state index in [9.17, 15) is 4.79 Å². The van der Waals surface area contributed by atoms with E-state index in [1.54, 1.807) is 22.9 Å². The van der Waals surface area contributed by atoms with Crippen LogP contribution in [0.1, 0.15) is 23.3 Å². The second kappa shape index (κ2) is 6.70. The van der Waals surface area contributed by atoms with Crippen LogP contribution in [0.5, 0.6) is 0 Å². The number of carbonyl (C=O) groups is 1. The third-order valence-electron chi connectivity index (χ3n) is 3.95. The molecule has 4 rings (SSSR count). The Balaban J connectivity index is 1.54. The minimum absolute atomic E-state index is 0.193. The summed E-state index contributed by atoms with van der Waals surface area (Å²) in [7, 11) is 0. The minimum Gasteiger partial charge on any atom is -0.355 e. The van der Waals surface area contributed by atoms with E-state index in [0.717, 1.165) is 35.2 Å². The first-order valence-corrected chi connectivity index (χ1v) is 9.63. The van der Waals surface area contributed by atoms with E-state index >= 15 is 0 Å². The third kappa shape index (κ3) is 3.05. The Morgan fingerprint density at radius 2 is 2.08 bits per heavy atom. The van der Waals surface area contributed by atoms with Gasteiger partial charge < -0.3 is 10.2 Å². The number of hydrogen-bond acceptors (Lipinski definition) is 6. The van der Waals surface area contributed by atoms with E-state index < -0.39 is 0 Å². The van der Waals surface area contributed by atoms with Crippen LogP contribution in [-0.2, 0) is 0 Å². The molecule has 1 saturated heterocycles. The first-order chi connectivity index (χ1) is 11.8. The Morgan fingerprint density at radius 3 is 2.88 bits per heavy atom. The molecule has 0 atom stereocenters. The highest BCUT2D eigenvalue weighted by molar-refractivity contribution is 7.14. The molecule has 0 spiro atoms. The molecule has 0 aromatic carbocycles. The zero-order chi connectivity index (χ0) is 16.4. The van der Waals surface area contributed by atoms with Gasteiger partial charge >= 0.3 is 0 Å². The monoisotopic (exact) mass is 356 g/mol. The number of aromatic nitrogens is 2. The summed E-state index contributed by atoms with van der Waals surface area (Å²) in [4.78, 5) is 23.7. The van der Waals surface area contributed by atoms with Gasteiger partial charge in [0.05, 0.1) is 5.69 Å². The molecule has 0 bridgehead atoms. The quantitative estimate of drug-likeness (QED) is 0.764. The maximum Gasteiger partial charge on any atom is 0.275 e. The average molecular weight is 356 g/mol. The first kappa shape index (κ1) is 15.3. The Morgan fingerprint density at radius 1 is 1.21 bits per heavy atom. The standard InChI is InChI=1S/C17H16N4OS2/c22-16(14-11-24-17(20-14)12-5-9-23-10-12)19-13-4-3-6-18-15(13)21-7-1-2-8-21/h3-6,9-11H,1-2,7-8H2,(H,19,22). The molecule has 1 aliphatic rings. The zero-order valence-corrected chi connectivity index (χ0v) is 14.6. The summed E-state index contributed by atoms with van der Waals surface area (Å²) in [6.45, 7) is 1.97. The number of hydrogen-bond donors (Lipinski definition) is 1. The molecule has 0 aliphatic carbocycles. The molecule has 3 aromatic rings. The lowest BCUT2D eigenvalue weighted by Crippen LogP contribution is -2.22. The van der Waals surface area contributed by atoms with Gasteiger partial charge in [0.1, 0.15) is 10.7 Å². The summed E-state index contributed by atoms with van der Waals surface area (Å²) in [5, 5.41) is 9.68. The molecular formula is C17H16N4OS2. The average Bonchev–Trinajstić information content (AvgIpc) is 3.35. The summed E-state index contributed by atoms with van der Waals surface area (Å²) in [5.74, 6) is 0.651. The van der Waals surface area contributed by atoms with Crippen LogP contribution in [-0.4, -0.2) is 29.0 Å². The topological polar surface area (TPSA) is 58.1 Å². The summed E-state index contributed by atoms with van der Waals surface area (Å²) in [6, 6.07) is 5.75. The normalized spacial score (nSPS) is 14.1. The molecule has 3 aromatic heterocycles. The number of amides is 1. The van der Waals surface area contributed by atoms with Gasteiger partial charge in [0.15, 0.2) is 5.82 Å². The second-order valence-corrected chi connectivity index (χ2v) is 7.21. The Kier molecular flexibility index (Phi) is 4.27. The molecule has 1 aliphatic heterocycles. The van der Waals surface area contributed by atoms with Crippen molar-refractivity contribution in [2.45, 2.75) is 12.8 Å². The van der Waals surface area contributed by atoms with E-state index in [-0.39, 0.29) is 5.91 Å². The van der Waals surface area contributed by atoms with Crippen molar-refractivity contribution in [3.05, 3.63) is 46.2 Å². The maximum absolute atomic E-state index is 12.6. The van der Waals surface area contributed by atoms with Crippen LogP contribution in [0.25, 0.3) is 10.6 Å². The summed E-state index contributed by atoms with van der Waals surface area (Å²) in [5.41, 5.74) is 2.25. The number of nitrogens with zero attached hydrogens (tertiary/aromatic N) is 3. The lowest BCUT2D eigenvalue weighted by atomic mass is 10.3. The van der Waals surface area contributed by atoms with Crippen LogP contribution in [0.4, 0.5) is 11.5 Å². The highest BCUT2D eigenvalue weighted by atomic mass is 32.1. The molecule has 7 heteroatoms. The van der Waals surface area contributed by atoms with Crippen LogP contribution in [0.15, 0.2) is 40.5 Å². The van der Waals surface area contributed by atoms with Gasteiger partial charge in [-0.15, -0.1) is 11.3 Å². The van der Waals surface area contributed by atoms with Crippen molar-refractivity contribution in [3.8, 4) is 10.6 Å². The molecule has 24 heavy (non-hydrogen) atoms. The number of rotatable bonds is 4. The summed E-state index contributed by atoms with van der Waals surface area (Å²) in [6.07, 6.45) is 4.10. The van der Waals surface area contributed by atoms with Gasteiger partial charge in [-0.1, -0.05) is 0 Å². The van der Waals surface area contributed by atoms with Crippen molar-refractivity contribution < 1.29 is 4.79 Å². The van der Waals surface area contributed by atoms with E-state index in [0.29, 0.717) is 5.69 Å². The number of thiophene rings is 1. The molecule has 1 amide bonds. The van der Waals surface area contributed by atoms with Gasteiger partial charge in [0, 0.05) is 35.6 Å². The SMILES string of the molecule is O=C(Nc1cccnc1N1CCCC1)c1csc(-c2ccsc2)n1. The number of anilines is 2. The van der Waals surface area contributed by atoms with Crippen LogP contribution in [0.3, 0.4) is 0 Å². The lowest BCUT2D eigenvalue weighted by Gasteiger charge is -2.19. The Labute approximate surface area is 148 Å². The predicted molar refractivity (Wildman–Crippen MR) is 99.1 cm³/mol. The highest BCUT2D eigenvalue weighted by Gasteiger charge is 2.19. The van der Waals surface area contributed by atoms with Crippen molar-refractivity contribution in [2.24, 2.45) is 0 Å². The van der Waals surface area contributed by atoms with Crippen molar-refractivity contribution in [1.82, 2.24) is 9.97 Å². The predicted octanol–water partition coefficient (Wildman–Crippen LogP) is 4.12. The van der Waals surface area contributed by atoms with Crippen LogP contribution in [0, 0.1) is 0 Å². The van der Waals surface area contributed by atoms with Gasteiger partial charge in [-0.2, -0.15) is 11.3 Å². The lowest BCUT2D eigenvalue weighted by molar-refractivity contribution is 0.102. The zero-order valence-electron chi connectivity index (χ0n) is 12.9. The molecule has 1 N–H and O–H groups in total. The van der Waals surface area contributed by atoms with Crippen molar-refractivity contribution >= 4 is 40.1 Å². The molecule has 122 valence electrons. The Bertz CT molecular complexity index is 838. The molecule has 0 unspecified atom stereocenters. The number of nitrogens with one attached hydrogen (secondary N) is 1. The van der Waals surface area contributed by atoms with Crippen molar-refractivity contribution in [1.29, 1.82) is 0 Å². The molecule has 0 saturated carbocycles. The van der Waals surface area contributed by atoms with Crippen LogP contribution >= 0.6 is 22.7 Å². The fourth-order valence-corrected chi connectivity index (χ4v) is 4.27. The number of pyridine rings is 1. The fourth-order valence-electron chi connectivity index (χ4n) is 2.76. The van der Waals surface area contributed by atoms with Crippen LogP contribution < -0.4 is 10.2 Å². The molecular weight excluding hydrogens is 340 g/mol. The van der Waals surface area contributed by atoms with E-state index in [2.05, 4.69) is 20.2 Å². The van der Waals surface area contributed by atoms with E-state index in [4.69, 9.17) is 0 Å². The Hall–Kier alpha value is -2.25. The maximum atomic E-state index is 12.6. The molecule has 0 radical (unpaired) electrons. The third-order valence-corrected chi connectivity index (χ3v) is 5.52. The number of carbonyl (C=O) groups excluding carboxylic acids is 1. The largest absolute Gasteiger partial charge is 0.355 e. The summed E-state index contributed by atoms with van der Waals surface area (Å²) < 4.78 is 0. The summed E-state index contributed by atoms with van der Waals surface area (Å²) >= 11 is 3.11. The first-order valence-electron chi connectivity index (χ1n) is 7.81. The molecule has 1 fully saturated rings. The van der Waals surface area contributed by atoms with E-state index in [1.165, 1.54) is 24.2 Å². The molecule has 5 nitrogen and oxygen atoms in total. The number of thiazole rings is 1. The van der Waals surface area contributed by atoms with Crippen molar-refractivity contribution in [3.63, 3.8) is 0 Å². The smallest absolute Gasteiger partial charge is 0.275 e. The van der Waals surface area contributed by atoms with Crippen molar-refractivity contribution in [2.75, 3.05) is 23.3 Å². The van der Waals surface area contributed by atoms with Crippen LogP contribution in [0.2, 0.25) is 0 Å². The van der Waals surface area contributed by atoms with E-state index in [1.807, 2.05) is 29.0 Å².